The predicted molar refractivity (Wildman–Crippen MR) is 76.4 cm³/mol. The number of alkyl carbamates (subject to hydrolysis) is 1. The van der Waals surface area contributed by atoms with Gasteiger partial charge in [0.1, 0.15) is 0 Å². The molecule has 0 aromatic rings. The molecule has 4 rings (SSSR count). The number of amides is 1. The maximum atomic E-state index is 12.0. The summed E-state index contributed by atoms with van der Waals surface area (Å²) in [6.07, 6.45) is 6.50. The molecule has 0 aromatic heterocycles. The summed E-state index contributed by atoms with van der Waals surface area (Å²) in [5, 5.41) is 3.10. The molecule has 2 unspecified atom stereocenters. The van der Waals surface area contributed by atoms with Crippen LogP contribution in [0.5, 0.6) is 0 Å². The van der Waals surface area contributed by atoms with E-state index >= 15 is 0 Å². The first-order chi connectivity index (χ1) is 9.72. The van der Waals surface area contributed by atoms with Gasteiger partial charge in [0.2, 0.25) is 6.79 Å². The molecule has 5 heteroatoms. The van der Waals surface area contributed by atoms with Gasteiger partial charge in [-0.25, -0.2) is 4.79 Å². The molecular formula is C16H25NO4. The van der Waals surface area contributed by atoms with Crippen LogP contribution >= 0.6 is 0 Å². The molecule has 0 radical (unpaired) electrons. The Labute approximate surface area is 125 Å². The smallest absolute Gasteiger partial charge is 0.410 e. The summed E-state index contributed by atoms with van der Waals surface area (Å²) < 4.78 is 9.62. The molecule has 4 aliphatic carbocycles. The second-order valence-electron chi connectivity index (χ2n) is 8.22. The number of rotatable bonds is 3. The minimum atomic E-state index is -0.467. The van der Waals surface area contributed by atoms with Crippen molar-refractivity contribution in [2.75, 3.05) is 6.79 Å². The van der Waals surface area contributed by atoms with Gasteiger partial charge < -0.3 is 14.8 Å². The molecule has 0 heterocycles. The first kappa shape index (κ1) is 14.7. The van der Waals surface area contributed by atoms with Crippen LogP contribution in [-0.2, 0) is 14.3 Å². The fourth-order valence-corrected chi connectivity index (χ4v) is 6.01. The maximum Gasteiger partial charge on any atom is 0.410 e. The van der Waals surface area contributed by atoms with Crippen LogP contribution in [0.15, 0.2) is 0 Å². The van der Waals surface area contributed by atoms with Crippen LogP contribution in [0, 0.1) is 16.7 Å². The Bertz CT molecular complexity index is 457. The van der Waals surface area contributed by atoms with Crippen molar-refractivity contribution in [3.63, 3.8) is 0 Å². The van der Waals surface area contributed by atoms with E-state index in [9.17, 15) is 9.59 Å². The van der Waals surface area contributed by atoms with E-state index in [4.69, 9.17) is 4.74 Å². The standard InChI is InChI=1S/C16H25NO4/c1-11(18)20-10-21-13(19)17-16-6-12-4-14(2,8-16)7-15(3,5-12)9-16/h12H,4-10H2,1-3H3,(H,17,19). The van der Waals surface area contributed by atoms with E-state index in [1.54, 1.807) is 0 Å². The molecule has 0 aromatic carbocycles. The van der Waals surface area contributed by atoms with Crippen LogP contribution in [0.4, 0.5) is 4.79 Å². The molecular weight excluding hydrogens is 270 g/mol. The third-order valence-corrected chi connectivity index (χ3v) is 5.45. The van der Waals surface area contributed by atoms with E-state index in [-0.39, 0.29) is 12.3 Å². The lowest BCUT2D eigenvalue weighted by atomic mass is 9.43. The summed E-state index contributed by atoms with van der Waals surface area (Å²) >= 11 is 0. The topological polar surface area (TPSA) is 64.6 Å². The van der Waals surface area contributed by atoms with Gasteiger partial charge in [-0.05, 0) is 55.3 Å². The van der Waals surface area contributed by atoms with Crippen molar-refractivity contribution in [3.8, 4) is 0 Å². The maximum absolute atomic E-state index is 12.0. The van der Waals surface area contributed by atoms with Gasteiger partial charge in [-0.3, -0.25) is 4.79 Å². The molecule has 21 heavy (non-hydrogen) atoms. The summed E-state index contributed by atoms with van der Waals surface area (Å²) in [5.74, 6) is 0.266. The van der Waals surface area contributed by atoms with Crippen molar-refractivity contribution >= 4 is 12.1 Å². The molecule has 0 saturated heterocycles. The normalized spacial score (nSPS) is 43.5. The van der Waals surface area contributed by atoms with Gasteiger partial charge in [0.05, 0.1) is 0 Å². The Morgan fingerprint density at radius 1 is 1.05 bits per heavy atom. The number of carbonyl (C=O) groups excluding carboxylic acids is 2. The monoisotopic (exact) mass is 295 g/mol. The molecule has 1 amide bonds. The van der Waals surface area contributed by atoms with Crippen LogP contribution in [0.2, 0.25) is 0 Å². The second kappa shape index (κ2) is 4.62. The number of carbonyl (C=O) groups is 2. The van der Waals surface area contributed by atoms with Crippen molar-refractivity contribution in [1.82, 2.24) is 5.32 Å². The van der Waals surface area contributed by atoms with E-state index in [0.717, 1.165) is 19.3 Å². The highest BCUT2D eigenvalue weighted by Crippen LogP contribution is 2.66. The molecule has 4 bridgehead atoms. The lowest BCUT2D eigenvalue weighted by Crippen LogP contribution is -2.65. The summed E-state index contributed by atoms with van der Waals surface area (Å²) in [6, 6.07) is 0. The Morgan fingerprint density at radius 3 is 2.19 bits per heavy atom. The predicted octanol–water partition coefficient (Wildman–Crippen LogP) is 2.98. The summed E-state index contributed by atoms with van der Waals surface area (Å²) in [7, 11) is 0. The molecule has 4 aliphatic rings. The fourth-order valence-electron chi connectivity index (χ4n) is 6.01. The van der Waals surface area contributed by atoms with Crippen LogP contribution < -0.4 is 5.32 Å². The summed E-state index contributed by atoms with van der Waals surface area (Å²) in [4.78, 5) is 22.7. The van der Waals surface area contributed by atoms with Crippen molar-refractivity contribution in [3.05, 3.63) is 0 Å². The highest BCUT2D eigenvalue weighted by atomic mass is 16.7. The van der Waals surface area contributed by atoms with Crippen molar-refractivity contribution < 1.29 is 19.1 Å². The zero-order chi connectivity index (χ0) is 15.3. The molecule has 1 N–H and O–H groups in total. The summed E-state index contributed by atoms with van der Waals surface area (Å²) in [5.41, 5.74) is 0.560. The fraction of sp³-hybridized carbons (Fsp3) is 0.875. The number of nitrogens with one attached hydrogen (secondary N) is 1. The van der Waals surface area contributed by atoms with Gasteiger partial charge in [0.25, 0.3) is 0 Å². The van der Waals surface area contributed by atoms with Gasteiger partial charge in [-0.1, -0.05) is 13.8 Å². The zero-order valence-electron chi connectivity index (χ0n) is 13.2. The second-order valence-corrected chi connectivity index (χ2v) is 8.22. The number of hydrogen-bond donors (Lipinski definition) is 1. The van der Waals surface area contributed by atoms with Gasteiger partial charge in [-0.2, -0.15) is 0 Å². The molecule has 4 saturated carbocycles. The Morgan fingerprint density at radius 2 is 1.67 bits per heavy atom. The number of hydrogen-bond acceptors (Lipinski definition) is 4. The van der Waals surface area contributed by atoms with Crippen molar-refractivity contribution in [2.45, 2.75) is 64.8 Å². The first-order valence-electron chi connectivity index (χ1n) is 7.80. The molecule has 118 valence electrons. The third-order valence-electron chi connectivity index (χ3n) is 5.45. The zero-order valence-corrected chi connectivity index (χ0v) is 13.2. The summed E-state index contributed by atoms with van der Waals surface area (Å²) in [6.45, 7) is 5.70. The van der Waals surface area contributed by atoms with Gasteiger partial charge in [0, 0.05) is 12.5 Å². The van der Waals surface area contributed by atoms with Crippen LogP contribution in [-0.4, -0.2) is 24.4 Å². The SMILES string of the molecule is CC(=O)OCOC(=O)NC12CC3CC(C)(CC(C)(C3)C1)C2. The first-order valence-corrected chi connectivity index (χ1v) is 7.80. The molecule has 4 fully saturated rings. The lowest BCUT2D eigenvalue weighted by Gasteiger charge is -2.65. The van der Waals surface area contributed by atoms with Crippen molar-refractivity contribution in [2.24, 2.45) is 16.7 Å². The minimum Gasteiger partial charge on any atom is -0.428 e. The third kappa shape index (κ3) is 2.87. The largest absolute Gasteiger partial charge is 0.428 e. The van der Waals surface area contributed by atoms with E-state index < -0.39 is 12.1 Å². The van der Waals surface area contributed by atoms with E-state index in [0.29, 0.717) is 16.7 Å². The Hall–Kier alpha value is -1.26. The molecule has 5 nitrogen and oxygen atoms in total. The van der Waals surface area contributed by atoms with Crippen LogP contribution in [0.25, 0.3) is 0 Å². The quantitative estimate of drug-likeness (QED) is 0.642. The average Bonchev–Trinajstić information content (AvgIpc) is 2.21. The van der Waals surface area contributed by atoms with E-state index in [1.165, 1.54) is 26.2 Å². The molecule has 0 spiro atoms. The molecule has 2 atom stereocenters. The van der Waals surface area contributed by atoms with Gasteiger partial charge in [-0.15, -0.1) is 0 Å². The van der Waals surface area contributed by atoms with E-state index in [1.807, 2.05) is 0 Å². The minimum absolute atomic E-state index is 0.129. The van der Waals surface area contributed by atoms with Crippen molar-refractivity contribution in [1.29, 1.82) is 0 Å². The van der Waals surface area contributed by atoms with Crippen LogP contribution in [0.3, 0.4) is 0 Å². The highest BCUT2D eigenvalue weighted by molar-refractivity contribution is 5.69. The Kier molecular flexibility index (Phi) is 3.22. The highest BCUT2D eigenvalue weighted by Gasteiger charge is 2.60. The Balaban J connectivity index is 1.65. The molecule has 0 aliphatic heterocycles. The average molecular weight is 295 g/mol. The number of esters is 1. The van der Waals surface area contributed by atoms with E-state index in [2.05, 4.69) is 23.9 Å². The van der Waals surface area contributed by atoms with Gasteiger partial charge >= 0.3 is 12.1 Å². The number of ether oxygens (including phenoxy) is 2. The van der Waals surface area contributed by atoms with Gasteiger partial charge in [0.15, 0.2) is 0 Å². The van der Waals surface area contributed by atoms with Crippen LogP contribution in [0.1, 0.15) is 59.3 Å². The lowest BCUT2D eigenvalue weighted by molar-refractivity contribution is -0.149.